The van der Waals surface area contributed by atoms with Crippen molar-refractivity contribution in [1.82, 2.24) is 5.32 Å². The molecule has 1 N–H and O–H groups in total. The third-order valence-electron chi connectivity index (χ3n) is 2.28. The second kappa shape index (κ2) is 6.14. The molecule has 1 aromatic carbocycles. The van der Waals surface area contributed by atoms with Crippen LogP contribution in [0.1, 0.15) is 18.9 Å². The number of rotatable bonds is 6. The number of hydrogen-bond donors (Lipinski definition) is 1. The summed E-state index contributed by atoms with van der Waals surface area (Å²) in [6, 6.07) is 9.94. The van der Waals surface area contributed by atoms with Crippen LogP contribution in [0.3, 0.4) is 0 Å². The first-order valence-corrected chi connectivity index (χ1v) is 5.15. The van der Waals surface area contributed by atoms with E-state index in [4.69, 9.17) is 0 Å². The third-order valence-corrected chi connectivity index (χ3v) is 2.28. The van der Waals surface area contributed by atoms with Gasteiger partial charge in [-0.15, -0.1) is 6.58 Å². The molecule has 1 aromatic rings. The van der Waals surface area contributed by atoms with Crippen molar-refractivity contribution in [2.75, 3.05) is 0 Å². The maximum atomic E-state index is 11.4. The van der Waals surface area contributed by atoms with E-state index < -0.39 is 0 Å². The monoisotopic (exact) mass is 203 g/mol. The maximum Gasteiger partial charge on any atom is 0.153 e. The molecule has 0 spiro atoms. The van der Waals surface area contributed by atoms with E-state index >= 15 is 0 Å². The van der Waals surface area contributed by atoms with Crippen LogP contribution >= 0.6 is 0 Å². The summed E-state index contributed by atoms with van der Waals surface area (Å²) in [5, 5.41) is 3.19. The fraction of sp³-hybridized carbons (Fsp3) is 0.308. The molecule has 0 aliphatic heterocycles. The van der Waals surface area contributed by atoms with Crippen molar-refractivity contribution in [2.45, 2.75) is 25.9 Å². The predicted octanol–water partition coefficient (Wildman–Crippen LogP) is 2.31. The molecule has 15 heavy (non-hydrogen) atoms. The van der Waals surface area contributed by atoms with Gasteiger partial charge in [-0.25, -0.2) is 0 Å². The van der Waals surface area contributed by atoms with Gasteiger partial charge in [0.2, 0.25) is 0 Å². The van der Waals surface area contributed by atoms with Gasteiger partial charge in [-0.05, 0) is 12.5 Å². The normalized spacial score (nSPS) is 12.1. The molecule has 0 aromatic heterocycles. The van der Waals surface area contributed by atoms with E-state index in [0.29, 0.717) is 6.42 Å². The average Bonchev–Trinajstić information content (AvgIpc) is 2.27. The summed E-state index contributed by atoms with van der Waals surface area (Å²) in [7, 11) is 0. The van der Waals surface area contributed by atoms with Crippen molar-refractivity contribution in [3.8, 4) is 0 Å². The van der Waals surface area contributed by atoms with Crippen molar-refractivity contribution >= 4 is 5.78 Å². The van der Waals surface area contributed by atoms with Crippen molar-refractivity contribution in [3.05, 3.63) is 48.6 Å². The standard InChI is InChI=1S/C13H17NO/c1-3-7-13(15)11(2)14-10-12-8-5-4-6-9-12/h3-6,8-9,11,14H,1,7,10H2,2H3/t11-/m0/s1. The highest BCUT2D eigenvalue weighted by Gasteiger charge is 2.09. The largest absolute Gasteiger partial charge is 0.304 e. The Hall–Kier alpha value is -1.41. The van der Waals surface area contributed by atoms with Gasteiger partial charge in [0.25, 0.3) is 0 Å². The first kappa shape index (κ1) is 11.7. The minimum atomic E-state index is -0.108. The van der Waals surface area contributed by atoms with Gasteiger partial charge < -0.3 is 5.32 Å². The Morgan fingerprint density at radius 1 is 1.47 bits per heavy atom. The minimum Gasteiger partial charge on any atom is -0.304 e. The second-order valence-corrected chi connectivity index (χ2v) is 3.55. The Kier molecular flexibility index (Phi) is 4.78. The van der Waals surface area contributed by atoms with Crippen LogP contribution in [0.15, 0.2) is 43.0 Å². The second-order valence-electron chi connectivity index (χ2n) is 3.55. The highest BCUT2D eigenvalue weighted by Crippen LogP contribution is 1.99. The zero-order chi connectivity index (χ0) is 11.1. The number of benzene rings is 1. The topological polar surface area (TPSA) is 29.1 Å². The van der Waals surface area contributed by atoms with Crippen LogP contribution in [0.4, 0.5) is 0 Å². The summed E-state index contributed by atoms with van der Waals surface area (Å²) in [6.45, 7) is 6.16. The molecular weight excluding hydrogens is 186 g/mol. The molecule has 1 rings (SSSR count). The highest BCUT2D eigenvalue weighted by atomic mass is 16.1. The predicted molar refractivity (Wildman–Crippen MR) is 62.6 cm³/mol. The van der Waals surface area contributed by atoms with Crippen molar-refractivity contribution in [1.29, 1.82) is 0 Å². The molecule has 0 amide bonds. The molecule has 80 valence electrons. The van der Waals surface area contributed by atoms with Crippen LogP contribution in [0.25, 0.3) is 0 Å². The van der Waals surface area contributed by atoms with Crippen molar-refractivity contribution in [3.63, 3.8) is 0 Å². The lowest BCUT2D eigenvalue weighted by atomic mass is 10.1. The van der Waals surface area contributed by atoms with Crippen LogP contribution in [0.2, 0.25) is 0 Å². The smallest absolute Gasteiger partial charge is 0.153 e. The van der Waals surface area contributed by atoms with Gasteiger partial charge in [0.1, 0.15) is 0 Å². The number of hydrogen-bond acceptors (Lipinski definition) is 2. The highest BCUT2D eigenvalue weighted by molar-refractivity contribution is 5.84. The van der Waals surface area contributed by atoms with E-state index in [1.54, 1.807) is 6.08 Å². The minimum absolute atomic E-state index is 0.108. The molecule has 0 heterocycles. The van der Waals surface area contributed by atoms with Crippen LogP contribution in [-0.2, 0) is 11.3 Å². The number of carbonyl (C=O) groups excluding carboxylic acids is 1. The van der Waals surface area contributed by atoms with Gasteiger partial charge >= 0.3 is 0 Å². The molecule has 2 heteroatoms. The van der Waals surface area contributed by atoms with E-state index in [9.17, 15) is 4.79 Å². The fourth-order valence-corrected chi connectivity index (χ4v) is 1.30. The van der Waals surface area contributed by atoms with Crippen molar-refractivity contribution < 1.29 is 4.79 Å². The summed E-state index contributed by atoms with van der Waals surface area (Å²) < 4.78 is 0. The van der Waals surface area contributed by atoms with E-state index in [2.05, 4.69) is 11.9 Å². The fourth-order valence-electron chi connectivity index (χ4n) is 1.30. The van der Waals surface area contributed by atoms with Crippen LogP contribution in [0.5, 0.6) is 0 Å². The Bertz CT molecular complexity index is 319. The van der Waals surface area contributed by atoms with E-state index in [0.717, 1.165) is 6.54 Å². The van der Waals surface area contributed by atoms with Crippen LogP contribution < -0.4 is 5.32 Å². The van der Waals surface area contributed by atoms with Gasteiger partial charge in [-0.2, -0.15) is 0 Å². The molecule has 0 bridgehead atoms. The maximum absolute atomic E-state index is 11.4. The summed E-state index contributed by atoms with van der Waals surface area (Å²) >= 11 is 0. The van der Waals surface area contributed by atoms with E-state index in [1.807, 2.05) is 37.3 Å². The molecule has 0 unspecified atom stereocenters. The number of allylic oxidation sites excluding steroid dienone is 1. The molecule has 0 saturated carbocycles. The SMILES string of the molecule is C=CCC(=O)[C@H](C)NCc1ccccc1. The summed E-state index contributed by atoms with van der Waals surface area (Å²) in [6.07, 6.45) is 2.08. The summed E-state index contributed by atoms with van der Waals surface area (Å²) in [5.74, 6) is 0.181. The first-order chi connectivity index (χ1) is 7.24. The quantitative estimate of drug-likeness (QED) is 0.719. The Balaban J connectivity index is 2.37. The van der Waals surface area contributed by atoms with Gasteiger partial charge in [0, 0.05) is 13.0 Å². The van der Waals surface area contributed by atoms with Crippen molar-refractivity contribution in [2.24, 2.45) is 0 Å². The van der Waals surface area contributed by atoms with E-state index in [1.165, 1.54) is 5.56 Å². The summed E-state index contributed by atoms with van der Waals surface area (Å²) in [4.78, 5) is 11.4. The number of Topliss-reactive ketones (excluding diaryl/α,β-unsaturated/α-hetero) is 1. The number of carbonyl (C=O) groups is 1. The van der Waals surface area contributed by atoms with Gasteiger partial charge in [0.05, 0.1) is 6.04 Å². The van der Waals surface area contributed by atoms with Gasteiger partial charge in [0.15, 0.2) is 5.78 Å². The Morgan fingerprint density at radius 2 is 2.13 bits per heavy atom. The Morgan fingerprint density at radius 3 is 2.73 bits per heavy atom. The molecule has 0 aliphatic rings. The number of ketones is 1. The lowest BCUT2D eigenvalue weighted by molar-refractivity contribution is -0.119. The van der Waals surface area contributed by atoms with Gasteiger partial charge in [-0.1, -0.05) is 36.4 Å². The van der Waals surface area contributed by atoms with Crippen LogP contribution in [0, 0.1) is 0 Å². The molecule has 0 aliphatic carbocycles. The zero-order valence-corrected chi connectivity index (χ0v) is 9.07. The lowest BCUT2D eigenvalue weighted by Crippen LogP contribution is -2.33. The zero-order valence-electron chi connectivity index (χ0n) is 9.07. The molecule has 0 saturated heterocycles. The van der Waals surface area contributed by atoms with Gasteiger partial charge in [-0.3, -0.25) is 4.79 Å². The molecule has 2 nitrogen and oxygen atoms in total. The molecular formula is C13H17NO. The summed E-state index contributed by atoms with van der Waals surface area (Å²) in [5.41, 5.74) is 1.19. The number of nitrogens with one attached hydrogen (secondary N) is 1. The van der Waals surface area contributed by atoms with E-state index in [-0.39, 0.29) is 11.8 Å². The third kappa shape index (κ3) is 4.09. The lowest BCUT2D eigenvalue weighted by Gasteiger charge is -2.11. The Labute approximate surface area is 91.0 Å². The molecule has 0 radical (unpaired) electrons. The van der Waals surface area contributed by atoms with Crippen LogP contribution in [-0.4, -0.2) is 11.8 Å². The first-order valence-electron chi connectivity index (χ1n) is 5.15. The molecule has 0 fully saturated rings. The molecule has 1 atom stereocenters. The average molecular weight is 203 g/mol.